The Hall–Kier alpha value is -3.78. The third kappa shape index (κ3) is 4.89. The smallest absolute Gasteiger partial charge is 0.243 e. The summed E-state index contributed by atoms with van der Waals surface area (Å²) in [5, 5.41) is 2.76. The van der Waals surface area contributed by atoms with E-state index in [0.29, 0.717) is 11.3 Å². The second-order valence-electron chi connectivity index (χ2n) is 6.46. The third-order valence-electron chi connectivity index (χ3n) is 4.31. The molecule has 0 unspecified atom stereocenters. The Balaban J connectivity index is 1.54. The van der Waals surface area contributed by atoms with Crippen LogP contribution in [0.15, 0.2) is 73.1 Å². The minimum absolute atomic E-state index is 0.0272. The normalized spacial score (nSPS) is 10.1. The van der Waals surface area contributed by atoms with E-state index in [4.69, 9.17) is 6.42 Å². The zero-order valence-electron chi connectivity index (χ0n) is 15.6. The van der Waals surface area contributed by atoms with Gasteiger partial charge < -0.3 is 14.8 Å². The van der Waals surface area contributed by atoms with Gasteiger partial charge in [-0.1, -0.05) is 24.1 Å². The van der Waals surface area contributed by atoms with Gasteiger partial charge in [0.15, 0.2) is 0 Å². The van der Waals surface area contributed by atoms with Crippen molar-refractivity contribution in [3.8, 4) is 18.0 Å². The van der Waals surface area contributed by atoms with E-state index in [1.807, 2.05) is 53.4 Å². The van der Waals surface area contributed by atoms with Gasteiger partial charge in [-0.25, -0.2) is 0 Å². The van der Waals surface area contributed by atoms with E-state index in [9.17, 15) is 9.59 Å². The molecule has 0 radical (unpaired) electrons. The van der Waals surface area contributed by atoms with Gasteiger partial charge in [0, 0.05) is 36.4 Å². The number of benzene rings is 2. The summed E-state index contributed by atoms with van der Waals surface area (Å²) in [6, 6.07) is 18.7. The van der Waals surface area contributed by atoms with Gasteiger partial charge >= 0.3 is 0 Å². The molecule has 0 aliphatic carbocycles. The molecule has 0 bridgehead atoms. The van der Waals surface area contributed by atoms with Crippen molar-refractivity contribution in [3.05, 3.63) is 84.2 Å². The fourth-order valence-corrected chi connectivity index (χ4v) is 2.79. The van der Waals surface area contributed by atoms with Crippen LogP contribution >= 0.6 is 0 Å². The molecule has 0 atom stereocenters. The van der Waals surface area contributed by atoms with Gasteiger partial charge in [-0.05, 0) is 48.0 Å². The van der Waals surface area contributed by atoms with Crippen LogP contribution in [0, 0.1) is 12.3 Å². The average Bonchev–Trinajstić information content (AvgIpc) is 3.23. The first-order valence-corrected chi connectivity index (χ1v) is 8.88. The summed E-state index contributed by atoms with van der Waals surface area (Å²) < 4.78 is 2.00. The summed E-state index contributed by atoms with van der Waals surface area (Å²) in [5.74, 6) is 2.13. The van der Waals surface area contributed by atoms with Crippen LogP contribution in [-0.2, 0) is 16.0 Å². The van der Waals surface area contributed by atoms with Crippen LogP contribution in [0.4, 0.5) is 5.69 Å². The number of amides is 2. The van der Waals surface area contributed by atoms with Gasteiger partial charge in [-0.15, -0.1) is 6.42 Å². The molecule has 1 aromatic heterocycles. The molecule has 5 heteroatoms. The van der Waals surface area contributed by atoms with E-state index in [1.165, 1.54) is 4.90 Å². The van der Waals surface area contributed by atoms with Gasteiger partial charge in [-0.2, -0.15) is 0 Å². The lowest BCUT2D eigenvalue weighted by molar-refractivity contribution is -0.132. The molecule has 0 aliphatic rings. The van der Waals surface area contributed by atoms with Gasteiger partial charge in [0.25, 0.3) is 0 Å². The summed E-state index contributed by atoms with van der Waals surface area (Å²) in [6.45, 7) is -0.0272. The molecule has 0 fully saturated rings. The van der Waals surface area contributed by atoms with Crippen molar-refractivity contribution in [2.24, 2.45) is 0 Å². The molecular formula is C23H21N3O2. The summed E-state index contributed by atoms with van der Waals surface area (Å²) in [7, 11) is 1.62. The fraction of sp³-hybridized carbons (Fsp3) is 0.130. The first-order valence-electron chi connectivity index (χ1n) is 8.88. The molecule has 2 aromatic carbocycles. The van der Waals surface area contributed by atoms with Crippen LogP contribution in [0.5, 0.6) is 0 Å². The summed E-state index contributed by atoms with van der Waals surface area (Å²) in [6.07, 6.45) is 9.53. The SMILES string of the molecule is C#Cc1cccc(NC(=O)CN(C)C(=O)Cc2ccc(-n3cccc3)cc2)c1. The number of carbonyl (C=O) groups is 2. The number of carbonyl (C=O) groups excluding carboxylic acids is 2. The van der Waals surface area contributed by atoms with E-state index in [0.717, 1.165) is 11.3 Å². The van der Waals surface area contributed by atoms with Gasteiger partial charge in [-0.3, -0.25) is 9.59 Å². The average molecular weight is 371 g/mol. The Bertz CT molecular complexity index is 999. The molecule has 0 spiro atoms. The number of hydrogen-bond donors (Lipinski definition) is 1. The molecule has 3 aromatic rings. The van der Waals surface area contributed by atoms with Crippen molar-refractivity contribution in [1.29, 1.82) is 0 Å². The van der Waals surface area contributed by atoms with Crippen molar-refractivity contribution in [2.75, 3.05) is 18.9 Å². The maximum absolute atomic E-state index is 12.4. The van der Waals surface area contributed by atoms with E-state index < -0.39 is 0 Å². The minimum Gasteiger partial charge on any atom is -0.336 e. The Labute approximate surface area is 164 Å². The van der Waals surface area contributed by atoms with Crippen molar-refractivity contribution < 1.29 is 9.59 Å². The Morgan fingerprint density at radius 1 is 1.07 bits per heavy atom. The minimum atomic E-state index is -0.270. The van der Waals surface area contributed by atoms with Crippen LogP contribution < -0.4 is 5.32 Å². The number of hydrogen-bond acceptors (Lipinski definition) is 2. The van der Waals surface area contributed by atoms with Crippen LogP contribution in [0.1, 0.15) is 11.1 Å². The topological polar surface area (TPSA) is 54.3 Å². The van der Waals surface area contributed by atoms with E-state index in [2.05, 4.69) is 11.2 Å². The zero-order chi connectivity index (χ0) is 19.9. The van der Waals surface area contributed by atoms with Gasteiger partial charge in [0.05, 0.1) is 13.0 Å². The van der Waals surface area contributed by atoms with Gasteiger partial charge in [0.2, 0.25) is 11.8 Å². The molecule has 3 rings (SSSR count). The third-order valence-corrected chi connectivity index (χ3v) is 4.31. The molecule has 2 amide bonds. The molecule has 1 N–H and O–H groups in total. The number of aromatic nitrogens is 1. The van der Waals surface area contributed by atoms with Crippen LogP contribution in [0.2, 0.25) is 0 Å². The second-order valence-corrected chi connectivity index (χ2v) is 6.46. The Morgan fingerprint density at radius 3 is 2.46 bits per heavy atom. The lowest BCUT2D eigenvalue weighted by Gasteiger charge is -2.17. The number of likely N-dealkylation sites (N-methyl/N-ethyl adjacent to an activating group) is 1. The quantitative estimate of drug-likeness (QED) is 0.677. The predicted molar refractivity (Wildman–Crippen MR) is 110 cm³/mol. The highest BCUT2D eigenvalue weighted by Crippen LogP contribution is 2.12. The summed E-state index contributed by atoms with van der Waals surface area (Å²) in [4.78, 5) is 26.0. The molecule has 140 valence electrons. The second kappa shape index (κ2) is 8.74. The first kappa shape index (κ1) is 19.0. The number of rotatable bonds is 6. The van der Waals surface area contributed by atoms with E-state index in [1.54, 1.807) is 31.3 Å². The number of anilines is 1. The highest BCUT2D eigenvalue weighted by atomic mass is 16.2. The number of terminal acetylenes is 1. The fourth-order valence-electron chi connectivity index (χ4n) is 2.79. The van der Waals surface area contributed by atoms with E-state index >= 15 is 0 Å². The van der Waals surface area contributed by atoms with Crippen molar-refractivity contribution in [2.45, 2.75) is 6.42 Å². The van der Waals surface area contributed by atoms with Crippen LogP contribution in [0.25, 0.3) is 5.69 Å². The molecule has 0 aliphatic heterocycles. The zero-order valence-corrected chi connectivity index (χ0v) is 15.6. The molecule has 1 heterocycles. The van der Waals surface area contributed by atoms with Crippen molar-refractivity contribution in [3.63, 3.8) is 0 Å². The lowest BCUT2D eigenvalue weighted by Crippen LogP contribution is -2.35. The Kier molecular flexibility index (Phi) is 5.93. The standard InChI is InChI=1S/C23H21N3O2/c1-3-18-7-6-8-20(15-18)24-22(27)17-25(2)23(28)16-19-9-11-21(12-10-19)26-13-4-5-14-26/h1,4-15H,16-17H2,2H3,(H,24,27). The summed E-state index contributed by atoms with van der Waals surface area (Å²) in [5.41, 5.74) is 3.23. The molecular weight excluding hydrogens is 350 g/mol. The van der Waals surface area contributed by atoms with Crippen molar-refractivity contribution in [1.82, 2.24) is 9.47 Å². The number of nitrogens with zero attached hydrogens (tertiary/aromatic N) is 2. The Morgan fingerprint density at radius 2 is 1.79 bits per heavy atom. The molecule has 5 nitrogen and oxygen atoms in total. The van der Waals surface area contributed by atoms with Gasteiger partial charge in [0.1, 0.15) is 0 Å². The van der Waals surface area contributed by atoms with Crippen LogP contribution in [0.3, 0.4) is 0 Å². The molecule has 0 saturated carbocycles. The first-order chi connectivity index (χ1) is 13.5. The van der Waals surface area contributed by atoms with Crippen molar-refractivity contribution >= 4 is 17.5 Å². The highest BCUT2D eigenvalue weighted by Gasteiger charge is 2.14. The molecule has 0 saturated heterocycles. The summed E-state index contributed by atoms with van der Waals surface area (Å²) >= 11 is 0. The monoisotopic (exact) mass is 371 g/mol. The maximum Gasteiger partial charge on any atom is 0.243 e. The predicted octanol–water partition coefficient (Wildman–Crippen LogP) is 3.10. The largest absolute Gasteiger partial charge is 0.336 e. The maximum atomic E-state index is 12.4. The number of nitrogens with one attached hydrogen (secondary N) is 1. The van der Waals surface area contributed by atoms with E-state index in [-0.39, 0.29) is 24.8 Å². The highest BCUT2D eigenvalue weighted by molar-refractivity contribution is 5.94. The van der Waals surface area contributed by atoms with Crippen LogP contribution in [-0.4, -0.2) is 34.9 Å². The lowest BCUT2D eigenvalue weighted by atomic mass is 10.1. The molecule has 28 heavy (non-hydrogen) atoms.